The van der Waals surface area contributed by atoms with Crippen LogP contribution in [0.5, 0.6) is 0 Å². The molecule has 1 heterocycles. The van der Waals surface area contributed by atoms with Crippen molar-refractivity contribution in [2.24, 2.45) is 0 Å². The standard InChI is InChI=1S/C15H23N3O/c1-12-5-4-6-14(11-12)18-10-9-17(8-7-16-3)13(2)15(18)19/h4-6,11,13,16H,7-10H2,1-3H3. The molecule has 19 heavy (non-hydrogen) atoms. The summed E-state index contributed by atoms with van der Waals surface area (Å²) < 4.78 is 0. The molecular weight excluding hydrogens is 238 g/mol. The molecule has 4 nitrogen and oxygen atoms in total. The number of benzene rings is 1. The Kier molecular flexibility index (Phi) is 4.56. The van der Waals surface area contributed by atoms with Crippen LogP contribution in [-0.4, -0.2) is 50.1 Å². The minimum absolute atomic E-state index is 0.0392. The fraction of sp³-hybridized carbons (Fsp3) is 0.533. The second-order valence-electron chi connectivity index (χ2n) is 5.14. The molecule has 0 spiro atoms. The number of amides is 1. The average molecular weight is 261 g/mol. The molecule has 0 aliphatic carbocycles. The van der Waals surface area contributed by atoms with E-state index in [1.54, 1.807) is 0 Å². The normalized spacial score (nSPS) is 20.9. The topological polar surface area (TPSA) is 35.6 Å². The van der Waals surface area contributed by atoms with Gasteiger partial charge in [0, 0.05) is 31.9 Å². The highest BCUT2D eigenvalue weighted by molar-refractivity contribution is 5.97. The lowest BCUT2D eigenvalue weighted by atomic mass is 10.1. The quantitative estimate of drug-likeness (QED) is 0.886. The number of aryl methyl sites for hydroxylation is 1. The Hall–Kier alpha value is -1.39. The van der Waals surface area contributed by atoms with Crippen LogP contribution in [0.3, 0.4) is 0 Å². The molecule has 104 valence electrons. The molecule has 1 aliphatic heterocycles. The lowest BCUT2D eigenvalue weighted by Crippen LogP contribution is -2.57. The van der Waals surface area contributed by atoms with Crippen molar-refractivity contribution < 1.29 is 4.79 Å². The summed E-state index contributed by atoms with van der Waals surface area (Å²) in [6.07, 6.45) is 0. The van der Waals surface area contributed by atoms with E-state index in [9.17, 15) is 4.79 Å². The van der Waals surface area contributed by atoms with Crippen LogP contribution in [0.15, 0.2) is 24.3 Å². The number of rotatable bonds is 4. The van der Waals surface area contributed by atoms with Crippen molar-refractivity contribution in [1.82, 2.24) is 10.2 Å². The number of likely N-dealkylation sites (N-methyl/N-ethyl adjacent to an activating group) is 1. The Balaban J connectivity index is 2.08. The number of nitrogens with one attached hydrogen (secondary N) is 1. The maximum atomic E-state index is 12.5. The van der Waals surface area contributed by atoms with Gasteiger partial charge >= 0.3 is 0 Å². The predicted octanol–water partition coefficient (Wildman–Crippen LogP) is 1.25. The van der Waals surface area contributed by atoms with Gasteiger partial charge in [-0.2, -0.15) is 0 Å². The summed E-state index contributed by atoms with van der Waals surface area (Å²) in [6.45, 7) is 7.60. The molecule has 0 aromatic heterocycles. The van der Waals surface area contributed by atoms with E-state index in [-0.39, 0.29) is 11.9 Å². The number of carbonyl (C=O) groups is 1. The van der Waals surface area contributed by atoms with Crippen molar-refractivity contribution in [3.8, 4) is 0 Å². The van der Waals surface area contributed by atoms with Gasteiger partial charge in [-0.25, -0.2) is 0 Å². The second-order valence-corrected chi connectivity index (χ2v) is 5.14. The Morgan fingerprint density at radius 2 is 2.16 bits per heavy atom. The van der Waals surface area contributed by atoms with E-state index in [0.29, 0.717) is 0 Å². The molecule has 1 aromatic rings. The maximum absolute atomic E-state index is 12.5. The molecule has 1 N–H and O–H groups in total. The predicted molar refractivity (Wildman–Crippen MR) is 78.5 cm³/mol. The third-order valence-electron chi connectivity index (χ3n) is 3.74. The van der Waals surface area contributed by atoms with Gasteiger partial charge in [-0.05, 0) is 38.6 Å². The lowest BCUT2D eigenvalue weighted by molar-refractivity contribution is -0.125. The Morgan fingerprint density at radius 1 is 1.37 bits per heavy atom. The third-order valence-corrected chi connectivity index (χ3v) is 3.74. The summed E-state index contributed by atoms with van der Waals surface area (Å²) in [5.74, 6) is 0.202. The first-order valence-electron chi connectivity index (χ1n) is 6.90. The molecule has 4 heteroatoms. The highest BCUT2D eigenvalue weighted by atomic mass is 16.2. The summed E-state index contributed by atoms with van der Waals surface area (Å²) in [5.41, 5.74) is 2.21. The molecule has 1 amide bonds. The van der Waals surface area contributed by atoms with Gasteiger partial charge in [-0.15, -0.1) is 0 Å². The van der Waals surface area contributed by atoms with Gasteiger partial charge in [-0.1, -0.05) is 12.1 Å². The van der Waals surface area contributed by atoms with Crippen LogP contribution in [0.25, 0.3) is 0 Å². The first-order valence-corrected chi connectivity index (χ1v) is 6.90. The van der Waals surface area contributed by atoms with E-state index in [1.165, 1.54) is 5.56 Å². The molecule has 2 rings (SSSR count). The van der Waals surface area contributed by atoms with Crippen molar-refractivity contribution in [3.63, 3.8) is 0 Å². The van der Waals surface area contributed by atoms with E-state index < -0.39 is 0 Å². The fourth-order valence-corrected chi connectivity index (χ4v) is 2.53. The van der Waals surface area contributed by atoms with Crippen LogP contribution in [0.2, 0.25) is 0 Å². The number of nitrogens with zero attached hydrogens (tertiary/aromatic N) is 2. The highest BCUT2D eigenvalue weighted by Crippen LogP contribution is 2.21. The van der Waals surface area contributed by atoms with Gasteiger partial charge in [0.2, 0.25) is 5.91 Å². The van der Waals surface area contributed by atoms with Gasteiger partial charge in [0.1, 0.15) is 0 Å². The van der Waals surface area contributed by atoms with E-state index >= 15 is 0 Å². The third kappa shape index (κ3) is 3.14. The van der Waals surface area contributed by atoms with Crippen LogP contribution >= 0.6 is 0 Å². The summed E-state index contributed by atoms with van der Waals surface area (Å²) in [6, 6.07) is 8.12. The van der Waals surface area contributed by atoms with E-state index in [4.69, 9.17) is 0 Å². The van der Waals surface area contributed by atoms with Gasteiger partial charge in [0.05, 0.1) is 6.04 Å². The number of hydrogen-bond acceptors (Lipinski definition) is 3. The van der Waals surface area contributed by atoms with Crippen molar-refractivity contribution in [2.75, 3.05) is 38.1 Å². The summed E-state index contributed by atoms with van der Waals surface area (Å²) in [7, 11) is 1.94. The van der Waals surface area contributed by atoms with E-state index in [0.717, 1.165) is 31.9 Å². The second kappa shape index (κ2) is 6.17. The van der Waals surface area contributed by atoms with Gasteiger partial charge < -0.3 is 10.2 Å². The molecule has 1 fully saturated rings. The van der Waals surface area contributed by atoms with E-state index in [2.05, 4.69) is 29.3 Å². The maximum Gasteiger partial charge on any atom is 0.244 e. The summed E-state index contributed by atoms with van der Waals surface area (Å²) in [4.78, 5) is 16.6. The molecule has 1 atom stereocenters. The van der Waals surface area contributed by atoms with Crippen molar-refractivity contribution in [3.05, 3.63) is 29.8 Å². The van der Waals surface area contributed by atoms with Gasteiger partial charge in [0.15, 0.2) is 0 Å². The van der Waals surface area contributed by atoms with Crippen molar-refractivity contribution in [2.45, 2.75) is 19.9 Å². The van der Waals surface area contributed by atoms with Crippen LogP contribution < -0.4 is 10.2 Å². The van der Waals surface area contributed by atoms with Crippen LogP contribution in [0.4, 0.5) is 5.69 Å². The van der Waals surface area contributed by atoms with E-state index in [1.807, 2.05) is 31.0 Å². The number of anilines is 1. The zero-order valence-electron chi connectivity index (χ0n) is 12.0. The van der Waals surface area contributed by atoms with Crippen molar-refractivity contribution in [1.29, 1.82) is 0 Å². The van der Waals surface area contributed by atoms with Crippen LogP contribution in [0.1, 0.15) is 12.5 Å². The molecule has 0 bridgehead atoms. The smallest absolute Gasteiger partial charge is 0.244 e. The summed E-state index contributed by atoms with van der Waals surface area (Å²) in [5, 5.41) is 3.13. The SMILES string of the molecule is CNCCN1CCN(c2cccc(C)c2)C(=O)C1C. The first-order chi connectivity index (χ1) is 9.13. The monoisotopic (exact) mass is 261 g/mol. The fourth-order valence-electron chi connectivity index (χ4n) is 2.53. The average Bonchev–Trinajstić information content (AvgIpc) is 2.40. The molecule has 0 saturated carbocycles. The molecule has 1 unspecified atom stereocenters. The largest absolute Gasteiger partial charge is 0.318 e. The molecule has 1 aromatic carbocycles. The minimum Gasteiger partial charge on any atom is -0.318 e. The van der Waals surface area contributed by atoms with Gasteiger partial charge in [0.25, 0.3) is 0 Å². The van der Waals surface area contributed by atoms with Gasteiger partial charge in [-0.3, -0.25) is 9.69 Å². The molecule has 1 saturated heterocycles. The first kappa shape index (κ1) is 14.0. The summed E-state index contributed by atoms with van der Waals surface area (Å²) >= 11 is 0. The lowest BCUT2D eigenvalue weighted by Gasteiger charge is -2.39. The van der Waals surface area contributed by atoms with Crippen molar-refractivity contribution >= 4 is 11.6 Å². The highest BCUT2D eigenvalue weighted by Gasteiger charge is 2.31. The molecule has 1 aliphatic rings. The zero-order chi connectivity index (χ0) is 13.8. The van der Waals surface area contributed by atoms with Crippen LogP contribution in [0, 0.1) is 6.92 Å². The Labute approximate surface area is 115 Å². The number of piperazine rings is 1. The minimum atomic E-state index is -0.0392. The zero-order valence-corrected chi connectivity index (χ0v) is 12.0. The number of carbonyl (C=O) groups excluding carboxylic acids is 1. The molecular formula is C15H23N3O. The van der Waals surface area contributed by atoms with Crippen LogP contribution in [-0.2, 0) is 4.79 Å². The Bertz CT molecular complexity index is 447. The Morgan fingerprint density at radius 3 is 2.84 bits per heavy atom. The number of hydrogen-bond donors (Lipinski definition) is 1. The molecule has 0 radical (unpaired) electrons.